The molecule has 0 atom stereocenters. The Bertz CT molecular complexity index is 954. The molecule has 0 N–H and O–H groups in total. The molecule has 118 valence electrons. The average Bonchev–Trinajstić information content (AvgIpc) is 2.49. The molecular formula is C16H11Cl3N2O2. The van der Waals surface area contributed by atoms with Gasteiger partial charge in [0.15, 0.2) is 0 Å². The maximum absolute atomic E-state index is 12.1. The summed E-state index contributed by atoms with van der Waals surface area (Å²) in [5.74, 6) is 0.382. The summed E-state index contributed by atoms with van der Waals surface area (Å²) in [6, 6.07) is 8.14. The van der Waals surface area contributed by atoms with Gasteiger partial charge in [0, 0.05) is 18.3 Å². The SMILES string of the molecule is Cc1ccn2c(=O)cc(COc3cc(Cl)c(Cl)cc3Cl)nc2c1. The molecule has 0 aliphatic heterocycles. The van der Waals surface area contributed by atoms with Crippen LogP contribution in [0.2, 0.25) is 15.1 Å². The molecule has 23 heavy (non-hydrogen) atoms. The second-order valence-electron chi connectivity index (χ2n) is 5.00. The second-order valence-corrected chi connectivity index (χ2v) is 6.23. The molecule has 0 saturated heterocycles. The van der Waals surface area contributed by atoms with Crippen molar-refractivity contribution in [2.45, 2.75) is 13.5 Å². The third-order valence-corrected chi connectivity index (χ3v) is 4.24. The highest BCUT2D eigenvalue weighted by atomic mass is 35.5. The Balaban J connectivity index is 1.90. The normalized spacial score (nSPS) is 11.0. The molecular weight excluding hydrogens is 359 g/mol. The van der Waals surface area contributed by atoms with E-state index in [0.717, 1.165) is 5.56 Å². The lowest BCUT2D eigenvalue weighted by Gasteiger charge is -2.10. The van der Waals surface area contributed by atoms with Crippen molar-refractivity contribution < 1.29 is 4.74 Å². The molecule has 4 nitrogen and oxygen atoms in total. The highest BCUT2D eigenvalue weighted by Crippen LogP contribution is 2.34. The van der Waals surface area contributed by atoms with E-state index < -0.39 is 0 Å². The van der Waals surface area contributed by atoms with Gasteiger partial charge in [-0.1, -0.05) is 34.8 Å². The van der Waals surface area contributed by atoms with Gasteiger partial charge < -0.3 is 4.74 Å². The van der Waals surface area contributed by atoms with E-state index in [4.69, 9.17) is 39.5 Å². The van der Waals surface area contributed by atoms with Gasteiger partial charge in [-0.2, -0.15) is 0 Å². The number of aryl methyl sites for hydroxylation is 1. The van der Waals surface area contributed by atoms with E-state index in [0.29, 0.717) is 32.2 Å². The highest BCUT2D eigenvalue weighted by Gasteiger charge is 2.09. The summed E-state index contributed by atoms with van der Waals surface area (Å²) in [4.78, 5) is 16.5. The van der Waals surface area contributed by atoms with Crippen LogP contribution < -0.4 is 10.3 Å². The van der Waals surface area contributed by atoms with Crippen molar-refractivity contribution in [3.05, 3.63) is 73.2 Å². The number of hydrogen-bond acceptors (Lipinski definition) is 3. The Morgan fingerprint density at radius 1 is 1.09 bits per heavy atom. The van der Waals surface area contributed by atoms with Crippen LogP contribution in [0.5, 0.6) is 5.75 Å². The van der Waals surface area contributed by atoms with Crippen LogP contribution in [0, 0.1) is 6.92 Å². The number of nitrogens with zero attached hydrogens (tertiary/aromatic N) is 2. The minimum atomic E-state index is -0.172. The number of rotatable bonds is 3. The summed E-state index contributed by atoms with van der Waals surface area (Å²) >= 11 is 17.9. The van der Waals surface area contributed by atoms with Crippen molar-refractivity contribution in [1.29, 1.82) is 0 Å². The Kier molecular flexibility index (Phi) is 4.48. The number of benzene rings is 1. The fourth-order valence-corrected chi connectivity index (χ4v) is 2.69. The van der Waals surface area contributed by atoms with Gasteiger partial charge in [0.2, 0.25) is 0 Å². The van der Waals surface area contributed by atoms with Crippen molar-refractivity contribution in [2.24, 2.45) is 0 Å². The largest absolute Gasteiger partial charge is 0.486 e. The minimum absolute atomic E-state index is 0.0946. The Morgan fingerprint density at radius 2 is 1.83 bits per heavy atom. The van der Waals surface area contributed by atoms with Gasteiger partial charge in [0.05, 0.1) is 20.8 Å². The van der Waals surface area contributed by atoms with E-state index in [1.54, 1.807) is 6.20 Å². The van der Waals surface area contributed by atoms with Crippen LogP contribution in [0.4, 0.5) is 0 Å². The van der Waals surface area contributed by atoms with E-state index in [1.807, 2.05) is 19.1 Å². The standard InChI is InChI=1S/C16H11Cl3N2O2/c1-9-2-3-21-15(4-9)20-10(5-16(21)22)8-23-14-7-12(18)11(17)6-13(14)19/h2-7H,8H2,1H3. The maximum Gasteiger partial charge on any atom is 0.258 e. The van der Waals surface area contributed by atoms with E-state index in [1.165, 1.54) is 22.6 Å². The monoisotopic (exact) mass is 368 g/mol. The van der Waals surface area contributed by atoms with Gasteiger partial charge in [0.1, 0.15) is 18.0 Å². The molecule has 0 spiro atoms. The van der Waals surface area contributed by atoms with Crippen LogP contribution in [0.1, 0.15) is 11.3 Å². The molecule has 3 rings (SSSR count). The first kappa shape index (κ1) is 16.1. The smallest absolute Gasteiger partial charge is 0.258 e. The summed E-state index contributed by atoms with van der Waals surface area (Å²) in [7, 11) is 0. The van der Waals surface area contributed by atoms with Crippen LogP contribution >= 0.6 is 34.8 Å². The zero-order valence-corrected chi connectivity index (χ0v) is 14.3. The Morgan fingerprint density at radius 3 is 2.61 bits per heavy atom. The molecule has 0 fully saturated rings. The molecule has 1 aromatic carbocycles. The van der Waals surface area contributed by atoms with Crippen LogP contribution in [0.3, 0.4) is 0 Å². The van der Waals surface area contributed by atoms with Gasteiger partial charge in [-0.3, -0.25) is 9.20 Å². The van der Waals surface area contributed by atoms with Crippen molar-refractivity contribution in [3.8, 4) is 5.75 Å². The zero-order valence-electron chi connectivity index (χ0n) is 12.0. The van der Waals surface area contributed by atoms with Gasteiger partial charge in [0.25, 0.3) is 5.56 Å². The van der Waals surface area contributed by atoms with Gasteiger partial charge in [-0.15, -0.1) is 0 Å². The van der Waals surface area contributed by atoms with Crippen LogP contribution in [0.15, 0.2) is 41.3 Å². The molecule has 2 aromatic heterocycles. The van der Waals surface area contributed by atoms with E-state index in [9.17, 15) is 4.79 Å². The summed E-state index contributed by atoms with van der Waals surface area (Å²) in [6.07, 6.45) is 1.69. The van der Waals surface area contributed by atoms with Gasteiger partial charge in [-0.05, 0) is 30.7 Å². The lowest BCUT2D eigenvalue weighted by atomic mass is 10.3. The zero-order chi connectivity index (χ0) is 16.6. The predicted molar refractivity (Wildman–Crippen MR) is 92.0 cm³/mol. The first-order chi connectivity index (χ1) is 10.9. The molecule has 0 unspecified atom stereocenters. The van der Waals surface area contributed by atoms with Crippen molar-refractivity contribution in [3.63, 3.8) is 0 Å². The predicted octanol–water partition coefficient (Wildman–Crippen LogP) is 4.54. The summed E-state index contributed by atoms with van der Waals surface area (Å²) < 4.78 is 7.08. The number of aromatic nitrogens is 2. The van der Waals surface area contributed by atoms with Crippen LogP contribution in [0.25, 0.3) is 5.65 Å². The quantitative estimate of drug-likeness (QED) is 0.637. The molecule has 0 aliphatic carbocycles. The summed E-state index contributed by atoms with van der Waals surface area (Å²) in [5.41, 5.74) is 1.91. The minimum Gasteiger partial charge on any atom is -0.486 e. The number of ether oxygens (including phenoxy) is 1. The first-order valence-electron chi connectivity index (χ1n) is 6.70. The second kappa shape index (κ2) is 6.40. The number of fused-ring (bicyclic) bond motifs is 1. The van der Waals surface area contributed by atoms with Crippen molar-refractivity contribution in [1.82, 2.24) is 9.38 Å². The summed E-state index contributed by atoms with van der Waals surface area (Å²) in [6.45, 7) is 2.03. The lowest BCUT2D eigenvalue weighted by molar-refractivity contribution is 0.301. The number of hydrogen-bond donors (Lipinski definition) is 0. The fourth-order valence-electron chi connectivity index (χ4n) is 2.09. The van der Waals surface area contributed by atoms with Crippen molar-refractivity contribution in [2.75, 3.05) is 0 Å². The third kappa shape index (κ3) is 3.44. The fraction of sp³-hybridized carbons (Fsp3) is 0.125. The van der Waals surface area contributed by atoms with Gasteiger partial charge >= 0.3 is 0 Å². The van der Waals surface area contributed by atoms with E-state index in [-0.39, 0.29) is 12.2 Å². The average molecular weight is 370 g/mol. The molecule has 7 heteroatoms. The molecule has 2 heterocycles. The Hall–Kier alpha value is -1.75. The van der Waals surface area contributed by atoms with E-state index in [2.05, 4.69) is 4.98 Å². The van der Waals surface area contributed by atoms with Crippen molar-refractivity contribution >= 4 is 40.4 Å². The number of pyridine rings is 1. The molecule has 0 radical (unpaired) electrons. The van der Waals surface area contributed by atoms with Crippen LogP contribution in [-0.4, -0.2) is 9.38 Å². The molecule has 0 aliphatic rings. The first-order valence-corrected chi connectivity index (χ1v) is 7.84. The molecule has 0 amide bonds. The molecule has 3 aromatic rings. The van der Waals surface area contributed by atoms with Gasteiger partial charge in [-0.25, -0.2) is 4.98 Å². The molecule has 0 saturated carbocycles. The maximum atomic E-state index is 12.1. The van der Waals surface area contributed by atoms with Crippen LogP contribution in [-0.2, 0) is 6.61 Å². The lowest BCUT2D eigenvalue weighted by Crippen LogP contribution is -2.16. The number of halogens is 3. The highest BCUT2D eigenvalue weighted by molar-refractivity contribution is 6.43. The third-order valence-electron chi connectivity index (χ3n) is 3.23. The summed E-state index contributed by atoms with van der Waals surface area (Å²) in [5, 5.41) is 1.03. The topological polar surface area (TPSA) is 43.6 Å². The van der Waals surface area contributed by atoms with E-state index >= 15 is 0 Å². The molecule has 0 bridgehead atoms. The Labute approximate surface area is 147 Å².